The molecule has 8 heteroatoms. The summed E-state index contributed by atoms with van der Waals surface area (Å²) in [6, 6.07) is 14.3. The lowest BCUT2D eigenvalue weighted by Gasteiger charge is -2.24. The monoisotopic (exact) mass is 406 g/mol. The number of hydrogen-bond donors (Lipinski definition) is 0. The molecular formula is C20H26O7Si. The molecule has 0 aromatic heterocycles. The molecule has 152 valence electrons. The molecule has 0 N–H and O–H groups in total. The Morgan fingerprint density at radius 1 is 0.786 bits per heavy atom. The highest BCUT2D eigenvalue weighted by molar-refractivity contribution is 6.60. The van der Waals surface area contributed by atoms with Crippen molar-refractivity contribution in [2.75, 3.05) is 35.0 Å². The van der Waals surface area contributed by atoms with Crippen molar-refractivity contribution in [1.82, 2.24) is 0 Å². The lowest BCUT2D eigenvalue weighted by atomic mass is 10.2. The lowest BCUT2D eigenvalue weighted by molar-refractivity contribution is 0.0734. The maximum Gasteiger partial charge on any atom is 0.500 e. The molecule has 0 atom stereocenters. The van der Waals surface area contributed by atoms with E-state index in [0.717, 1.165) is 6.42 Å². The first-order valence-corrected chi connectivity index (χ1v) is 10.7. The highest BCUT2D eigenvalue weighted by Crippen LogP contribution is 2.20. The van der Waals surface area contributed by atoms with Gasteiger partial charge in [0.2, 0.25) is 0 Å². The van der Waals surface area contributed by atoms with Crippen LogP contribution in [0.25, 0.3) is 0 Å². The maximum absolute atomic E-state index is 12.2. The number of methoxy groups -OCH3 is 1. The zero-order valence-corrected chi connectivity index (χ0v) is 17.6. The summed E-state index contributed by atoms with van der Waals surface area (Å²) >= 11 is 0. The number of esters is 1. The molecular weight excluding hydrogens is 380 g/mol. The summed E-state index contributed by atoms with van der Waals surface area (Å²) < 4.78 is 32.2. The van der Waals surface area contributed by atoms with Crippen LogP contribution < -0.4 is 14.2 Å². The third-order valence-electron chi connectivity index (χ3n) is 4.19. The molecule has 0 unspecified atom stereocenters. The fraction of sp³-hybridized carbons (Fsp3) is 0.350. The van der Waals surface area contributed by atoms with Crippen LogP contribution in [0.3, 0.4) is 0 Å². The van der Waals surface area contributed by atoms with Gasteiger partial charge < -0.3 is 27.5 Å². The van der Waals surface area contributed by atoms with Crippen LogP contribution in [0.4, 0.5) is 0 Å². The molecule has 0 aliphatic rings. The molecule has 0 heterocycles. The molecule has 2 rings (SSSR count). The molecule has 7 nitrogen and oxygen atoms in total. The SMILES string of the molecule is COc1ccc(OC(=O)c2ccc(OCCC[Si](OC)(OC)OC)cc2)cc1. The second-order valence-corrected chi connectivity index (χ2v) is 8.93. The quantitative estimate of drug-likeness (QED) is 0.244. The molecule has 0 radical (unpaired) electrons. The third-order valence-corrected chi connectivity index (χ3v) is 7.02. The van der Waals surface area contributed by atoms with Gasteiger partial charge in [-0.05, 0) is 55.0 Å². The van der Waals surface area contributed by atoms with E-state index in [1.54, 1.807) is 77.0 Å². The second-order valence-electron chi connectivity index (χ2n) is 5.84. The van der Waals surface area contributed by atoms with E-state index in [1.165, 1.54) is 0 Å². The number of benzene rings is 2. The third kappa shape index (κ3) is 6.06. The van der Waals surface area contributed by atoms with E-state index in [-0.39, 0.29) is 0 Å². The maximum atomic E-state index is 12.2. The van der Waals surface area contributed by atoms with Gasteiger partial charge in [-0.2, -0.15) is 0 Å². The van der Waals surface area contributed by atoms with E-state index < -0.39 is 14.8 Å². The normalized spacial score (nSPS) is 11.1. The van der Waals surface area contributed by atoms with E-state index in [2.05, 4.69) is 0 Å². The predicted molar refractivity (Wildman–Crippen MR) is 106 cm³/mol. The average Bonchev–Trinajstić information content (AvgIpc) is 2.75. The Bertz CT molecular complexity index is 719. The fourth-order valence-electron chi connectivity index (χ4n) is 2.53. The molecule has 28 heavy (non-hydrogen) atoms. The van der Waals surface area contributed by atoms with Crippen LogP contribution in [-0.2, 0) is 13.3 Å². The fourth-order valence-corrected chi connectivity index (χ4v) is 4.22. The summed E-state index contributed by atoms with van der Waals surface area (Å²) in [5.74, 6) is 1.38. The Morgan fingerprint density at radius 2 is 1.32 bits per heavy atom. The van der Waals surface area contributed by atoms with Gasteiger partial charge in [0.25, 0.3) is 0 Å². The van der Waals surface area contributed by atoms with Gasteiger partial charge in [-0.15, -0.1) is 0 Å². The van der Waals surface area contributed by atoms with Crippen molar-refractivity contribution in [2.24, 2.45) is 0 Å². The minimum Gasteiger partial charge on any atom is -0.497 e. The van der Waals surface area contributed by atoms with Crippen LogP contribution >= 0.6 is 0 Å². The van der Waals surface area contributed by atoms with Gasteiger partial charge in [-0.3, -0.25) is 0 Å². The highest BCUT2D eigenvalue weighted by atomic mass is 28.4. The van der Waals surface area contributed by atoms with Crippen molar-refractivity contribution in [1.29, 1.82) is 0 Å². The molecule has 2 aromatic rings. The van der Waals surface area contributed by atoms with Gasteiger partial charge in [0, 0.05) is 27.4 Å². The van der Waals surface area contributed by atoms with Crippen LogP contribution in [0.2, 0.25) is 6.04 Å². The van der Waals surface area contributed by atoms with Gasteiger partial charge in [0.05, 0.1) is 19.3 Å². The Kier molecular flexibility index (Phi) is 8.46. The van der Waals surface area contributed by atoms with Crippen LogP contribution in [-0.4, -0.2) is 49.8 Å². The van der Waals surface area contributed by atoms with Crippen molar-refractivity contribution in [2.45, 2.75) is 12.5 Å². The molecule has 0 fully saturated rings. The zero-order chi connectivity index (χ0) is 20.4. The Balaban J connectivity index is 1.82. The number of carbonyl (C=O) groups is 1. The van der Waals surface area contributed by atoms with Crippen molar-refractivity contribution in [3.8, 4) is 17.2 Å². The number of hydrogen-bond acceptors (Lipinski definition) is 7. The van der Waals surface area contributed by atoms with Gasteiger partial charge in [-0.1, -0.05) is 0 Å². The zero-order valence-electron chi connectivity index (χ0n) is 16.6. The van der Waals surface area contributed by atoms with E-state index in [0.29, 0.717) is 35.5 Å². The van der Waals surface area contributed by atoms with Crippen molar-refractivity contribution >= 4 is 14.8 Å². The van der Waals surface area contributed by atoms with E-state index in [4.69, 9.17) is 27.5 Å². The molecule has 0 amide bonds. The van der Waals surface area contributed by atoms with Gasteiger partial charge in [0.15, 0.2) is 0 Å². The van der Waals surface area contributed by atoms with E-state index in [9.17, 15) is 4.79 Å². The molecule has 0 spiro atoms. The first-order chi connectivity index (χ1) is 13.6. The largest absolute Gasteiger partial charge is 0.500 e. The van der Waals surface area contributed by atoms with Crippen molar-refractivity contribution < 1.29 is 32.3 Å². The Morgan fingerprint density at radius 3 is 1.86 bits per heavy atom. The lowest BCUT2D eigenvalue weighted by Crippen LogP contribution is -2.42. The minimum absolute atomic E-state index is 0.437. The second kappa shape index (κ2) is 10.8. The minimum atomic E-state index is -2.57. The number of ether oxygens (including phenoxy) is 3. The average molecular weight is 407 g/mol. The Hall–Kier alpha value is -2.39. The van der Waals surface area contributed by atoms with Gasteiger partial charge >= 0.3 is 14.8 Å². The van der Waals surface area contributed by atoms with E-state index in [1.807, 2.05) is 0 Å². The predicted octanol–water partition coefficient (Wildman–Crippen LogP) is 3.56. The summed E-state index contributed by atoms with van der Waals surface area (Å²) in [5, 5.41) is 0. The smallest absolute Gasteiger partial charge is 0.497 e. The Labute approximate surface area is 166 Å². The van der Waals surface area contributed by atoms with Crippen LogP contribution in [0.5, 0.6) is 17.2 Å². The molecule has 0 aliphatic carbocycles. The van der Waals surface area contributed by atoms with Gasteiger partial charge in [0.1, 0.15) is 17.2 Å². The van der Waals surface area contributed by atoms with Crippen LogP contribution in [0.1, 0.15) is 16.8 Å². The summed E-state index contributed by atoms with van der Waals surface area (Å²) in [6.45, 7) is 0.487. The highest BCUT2D eigenvalue weighted by Gasteiger charge is 2.36. The first kappa shape index (κ1) is 21.9. The van der Waals surface area contributed by atoms with E-state index >= 15 is 0 Å². The van der Waals surface area contributed by atoms with Gasteiger partial charge in [-0.25, -0.2) is 4.79 Å². The van der Waals surface area contributed by atoms with Crippen molar-refractivity contribution in [3.63, 3.8) is 0 Å². The standard InChI is InChI=1S/C20H26O7Si/c1-22-17-10-12-19(13-11-17)27-20(21)16-6-8-18(9-7-16)26-14-5-15-28(23-2,24-3)25-4/h6-13H,5,14-15H2,1-4H3. The molecule has 2 aromatic carbocycles. The number of carbonyl (C=O) groups excluding carboxylic acids is 1. The molecule has 0 saturated heterocycles. The molecule has 0 saturated carbocycles. The van der Waals surface area contributed by atoms with Crippen LogP contribution in [0, 0.1) is 0 Å². The summed E-state index contributed by atoms with van der Waals surface area (Å²) in [6.07, 6.45) is 0.725. The summed E-state index contributed by atoms with van der Waals surface area (Å²) in [5.41, 5.74) is 0.438. The van der Waals surface area contributed by atoms with Crippen LogP contribution in [0.15, 0.2) is 48.5 Å². The molecule has 0 aliphatic heterocycles. The van der Waals surface area contributed by atoms with Crippen molar-refractivity contribution in [3.05, 3.63) is 54.1 Å². The molecule has 0 bridgehead atoms. The topological polar surface area (TPSA) is 72.5 Å². The summed E-state index contributed by atoms with van der Waals surface area (Å²) in [4.78, 5) is 12.2. The first-order valence-electron chi connectivity index (χ1n) is 8.80. The number of rotatable bonds is 11. The summed E-state index contributed by atoms with van der Waals surface area (Å²) in [7, 11) is 3.77.